The van der Waals surface area contributed by atoms with Crippen LogP contribution in [-0.2, 0) is 0 Å². The number of hydrogen-bond donors (Lipinski definition) is 3. The lowest BCUT2D eigenvalue weighted by Gasteiger charge is -2.21. The van der Waals surface area contributed by atoms with Crippen molar-refractivity contribution in [2.45, 2.75) is 25.7 Å². The molecule has 0 saturated carbocycles. The summed E-state index contributed by atoms with van der Waals surface area (Å²) in [6, 6.07) is 4.25. The molecule has 4 aromatic rings. The number of pyridine rings is 1. The van der Waals surface area contributed by atoms with E-state index >= 15 is 0 Å². The number of piperidine rings is 1. The van der Waals surface area contributed by atoms with Crippen LogP contribution in [0.2, 0.25) is 0 Å². The lowest BCUT2D eigenvalue weighted by molar-refractivity contribution is 0.453. The van der Waals surface area contributed by atoms with E-state index in [-0.39, 0.29) is 0 Å². The maximum absolute atomic E-state index is 4.71. The first-order chi connectivity index (χ1) is 14.8. The molecule has 4 aromatic heterocycles. The summed E-state index contributed by atoms with van der Waals surface area (Å²) < 4.78 is 0. The van der Waals surface area contributed by atoms with Gasteiger partial charge in [0.25, 0.3) is 0 Å². The molecule has 1 saturated heterocycles. The maximum Gasteiger partial charge on any atom is 0.178 e. The number of aromatic nitrogens is 5. The Labute approximate surface area is 178 Å². The molecule has 1 aliphatic rings. The van der Waals surface area contributed by atoms with Crippen LogP contribution in [0.5, 0.6) is 0 Å². The second-order valence-electron chi connectivity index (χ2n) is 7.41. The SMILES string of the molecule is C=Nc1nc(-c2n[nH]c3cnc(C4CCNCC4)cc23)[nH]c1/C(=C\C)c1ccsc1. The molecule has 0 aliphatic carbocycles. The molecule has 0 aromatic carbocycles. The smallest absolute Gasteiger partial charge is 0.178 e. The third-order valence-corrected chi connectivity index (χ3v) is 6.36. The van der Waals surface area contributed by atoms with Crippen LogP contribution in [0.25, 0.3) is 28.0 Å². The van der Waals surface area contributed by atoms with Crippen molar-refractivity contribution in [1.82, 2.24) is 30.5 Å². The Bertz CT molecular complexity index is 1210. The average molecular weight is 418 g/mol. The van der Waals surface area contributed by atoms with E-state index in [4.69, 9.17) is 4.98 Å². The largest absolute Gasteiger partial charge is 0.335 e. The zero-order chi connectivity index (χ0) is 20.5. The fourth-order valence-electron chi connectivity index (χ4n) is 4.11. The zero-order valence-electron chi connectivity index (χ0n) is 16.8. The summed E-state index contributed by atoms with van der Waals surface area (Å²) in [5.74, 6) is 1.73. The predicted molar refractivity (Wildman–Crippen MR) is 123 cm³/mol. The van der Waals surface area contributed by atoms with E-state index in [0.29, 0.717) is 17.6 Å². The van der Waals surface area contributed by atoms with Gasteiger partial charge < -0.3 is 10.3 Å². The lowest BCUT2D eigenvalue weighted by Crippen LogP contribution is -2.27. The molecule has 0 radical (unpaired) electrons. The normalized spacial score (nSPS) is 15.7. The van der Waals surface area contributed by atoms with Crippen LogP contribution in [0.4, 0.5) is 5.82 Å². The van der Waals surface area contributed by atoms with Crippen molar-refractivity contribution in [3.8, 4) is 11.5 Å². The quantitative estimate of drug-likeness (QED) is 0.412. The van der Waals surface area contributed by atoms with Gasteiger partial charge in [0.2, 0.25) is 0 Å². The second-order valence-corrected chi connectivity index (χ2v) is 8.19. The summed E-state index contributed by atoms with van der Waals surface area (Å²) in [6.45, 7) is 7.81. The Morgan fingerprint density at radius 1 is 1.33 bits per heavy atom. The average Bonchev–Trinajstić information content (AvgIpc) is 3.54. The summed E-state index contributed by atoms with van der Waals surface area (Å²) in [5.41, 5.74) is 5.83. The summed E-state index contributed by atoms with van der Waals surface area (Å²) in [6.07, 6.45) is 6.15. The van der Waals surface area contributed by atoms with Crippen LogP contribution < -0.4 is 5.32 Å². The standard InChI is InChI=1S/C22H23N7S/c1-3-15(14-6-9-30-12-14)19-21(23-2)27-22(26-19)20-16-10-17(13-4-7-24-8-5-13)25-11-18(16)28-29-20/h3,6,9-13,24H,2,4-5,7-8H2,1H3,(H,26,27)(H,28,29)/b15-3-. The van der Waals surface area contributed by atoms with Crippen molar-refractivity contribution in [3.05, 3.63) is 52.1 Å². The number of H-pyrrole nitrogens is 2. The molecule has 5 heterocycles. The molecule has 3 N–H and O–H groups in total. The van der Waals surface area contributed by atoms with E-state index in [1.165, 1.54) is 0 Å². The molecule has 0 unspecified atom stereocenters. The van der Waals surface area contributed by atoms with Crippen molar-refractivity contribution < 1.29 is 0 Å². The number of aromatic amines is 2. The number of aliphatic imine (C=N–C) groups is 1. The maximum atomic E-state index is 4.71. The first-order valence-electron chi connectivity index (χ1n) is 10.1. The lowest BCUT2D eigenvalue weighted by atomic mass is 9.93. The number of fused-ring (bicyclic) bond motifs is 1. The van der Waals surface area contributed by atoms with Gasteiger partial charge in [0.15, 0.2) is 11.6 Å². The number of thiophene rings is 1. The van der Waals surface area contributed by atoms with Crippen LogP contribution in [0.3, 0.4) is 0 Å². The van der Waals surface area contributed by atoms with Crippen molar-refractivity contribution in [1.29, 1.82) is 0 Å². The highest BCUT2D eigenvalue weighted by molar-refractivity contribution is 7.08. The molecule has 1 aliphatic heterocycles. The molecule has 0 atom stereocenters. The van der Waals surface area contributed by atoms with E-state index in [9.17, 15) is 0 Å². The number of rotatable bonds is 5. The highest BCUT2D eigenvalue weighted by Gasteiger charge is 2.21. The van der Waals surface area contributed by atoms with E-state index in [2.05, 4.69) is 66.2 Å². The van der Waals surface area contributed by atoms with Crippen LogP contribution in [0.1, 0.15) is 42.6 Å². The molecule has 30 heavy (non-hydrogen) atoms. The molecular formula is C22H23N7S. The molecule has 0 bridgehead atoms. The minimum absolute atomic E-state index is 0.476. The summed E-state index contributed by atoms with van der Waals surface area (Å²) in [4.78, 5) is 17.0. The fraction of sp³-hybridized carbons (Fsp3) is 0.273. The topological polar surface area (TPSA) is 94.6 Å². The van der Waals surface area contributed by atoms with Gasteiger partial charge in [-0.05, 0) is 68.0 Å². The Kier molecular flexibility index (Phi) is 5.02. The molecule has 8 heteroatoms. The van der Waals surface area contributed by atoms with Crippen molar-refractivity contribution in [2.24, 2.45) is 4.99 Å². The fourth-order valence-corrected chi connectivity index (χ4v) is 4.76. The first kappa shape index (κ1) is 18.9. The Balaban J connectivity index is 1.58. The van der Waals surface area contributed by atoms with Crippen molar-refractivity contribution in [3.63, 3.8) is 0 Å². The second kappa shape index (κ2) is 7.97. The monoisotopic (exact) mass is 417 g/mol. The zero-order valence-corrected chi connectivity index (χ0v) is 17.6. The van der Waals surface area contributed by atoms with Gasteiger partial charge in [0.1, 0.15) is 5.69 Å². The van der Waals surface area contributed by atoms with E-state index < -0.39 is 0 Å². The number of imidazole rings is 1. The molecule has 7 nitrogen and oxygen atoms in total. The first-order valence-corrected chi connectivity index (χ1v) is 11.0. The molecule has 1 fully saturated rings. The van der Waals surface area contributed by atoms with Gasteiger partial charge >= 0.3 is 0 Å². The molecule has 0 spiro atoms. The number of hydrogen-bond acceptors (Lipinski definition) is 6. The third-order valence-electron chi connectivity index (χ3n) is 5.67. The van der Waals surface area contributed by atoms with Gasteiger partial charge in [0.05, 0.1) is 17.4 Å². The van der Waals surface area contributed by atoms with E-state index in [1.807, 2.05) is 13.1 Å². The van der Waals surface area contributed by atoms with Crippen molar-refractivity contribution >= 4 is 40.3 Å². The van der Waals surface area contributed by atoms with Crippen LogP contribution in [-0.4, -0.2) is 45.0 Å². The van der Waals surface area contributed by atoms with Crippen LogP contribution in [0.15, 0.2) is 40.2 Å². The van der Waals surface area contributed by atoms with Gasteiger partial charge in [-0.25, -0.2) is 9.98 Å². The van der Waals surface area contributed by atoms with Crippen molar-refractivity contribution in [2.75, 3.05) is 13.1 Å². The van der Waals surface area contributed by atoms with Gasteiger partial charge in [-0.15, -0.1) is 0 Å². The summed E-state index contributed by atoms with van der Waals surface area (Å²) in [7, 11) is 0. The third kappa shape index (κ3) is 3.28. The van der Waals surface area contributed by atoms with E-state index in [0.717, 1.165) is 65.1 Å². The summed E-state index contributed by atoms with van der Waals surface area (Å²) >= 11 is 1.66. The minimum atomic E-state index is 0.476. The molecule has 5 rings (SSSR count). The van der Waals surface area contributed by atoms with Gasteiger partial charge in [0, 0.05) is 22.6 Å². The minimum Gasteiger partial charge on any atom is -0.335 e. The number of nitrogens with one attached hydrogen (secondary N) is 3. The van der Waals surface area contributed by atoms with Crippen LogP contribution >= 0.6 is 11.3 Å². The number of allylic oxidation sites excluding steroid dienone is 1. The predicted octanol–water partition coefficient (Wildman–Crippen LogP) is 4.66. The van der Waals surface area contributed by atoms with Gasteiger partial charge in [-0.1, -0.05) is 6.08 Å². The van der Waals surface area contributed by atoms with Gasteiger partial charge in [-0.2, -0.15) is 16.4 Å². The van der Waals surface area contributed by atoms with Gasteiger partial charge in [-0.3, -0.25) is 10.1 Å². The number of nitrogens with zero attached hydrogens (tertiary/aromatic N) is 4. The molecular weight excluding hydrogens is 394 g/mol. The molecule has 152 valence electrons. The summed E-state index contributed by atoms with van der Waals surface area (Å²) in [5, 5.41) is 16.2. The highest BCUT2D eigenvalue weighted by Crippen LogP contribution is 2.35. The molecule has 0 amide bonds. The van der Waals surface area contributed by atoms with Crippen LogP contribution in [0, 0.1) is 0 Å². The Morgan fingerprint density at radius 3 is 2.93 bits per heavy atom. The Morgan fingerprint density at radius 2 is 2.20 bits per heavy atom. The Hall–Kier alpha value is -3.10. The van der Waals surface area contributed by atoms with E-state index in [1.54, 1.807) is 11.3 Å². The highest BCUT2D eigenvalue weighted by atomic mass is 32.1.